The van der Waals surface area contributed by atoms with Crippen LogP contribution in [0.2, 0.25) is 0 Å². The first-order valence-corrected chi connectivity index (χ1v) is 10.8. The van der Waals surface area contributed by atoms with E-state index in [9.17, 15) is 21.6 Å². The van der Waals surface area contributed by atoms with E-state index in [2.05, 4.69) is 27.1 Å². The molecular weight excluding hydrogens is 459 g/mol. The van der Waals surface area contributed by atoms with Crippen molar-refractivity contribution in [3.8, 4) is 34.9 Å². The molecule has 4 aromatic rings. The van der Waals surface area contributed by atoms with Crippen molar-refractivity contribution in [1.82, 2.24) is 20.0 Å². The van der Waals surface area contributed by atoms with Gasteiger partial charge in [0, 0.05) is 18.2 Å². The second kappa shape index (κ2) is 8.19. The van der Waals surface area contributed by atoms with E-state index in [1.165, 1.54) is 47.3 Å². The molecule has 2 aromatic heterocycles. The van der Waals surface area contributed by atoms with Gasteiger partial charge < -0.3 is 4.42 Å². The summed E-state index contributed by atoms with van der Waals surface area (Å²) in [6.07, 6.45) is -2.96. The molecule has 0 saturated carbocycles. The van der Waals surface area contributed by atoms with Crippen LogP contribution in [0.1, 0.15) is 16.7 Å². The number of primary sulfonamides is 1. The average Bonchev–Trinajstić information content (AvgIpc) is 3.38. The minimum absolute atomic E-state index is 0.0308. The molecule has 0 fully saturated rings. The Kier molecular flexibility index (Phi) is 5.52. The summed E-state index contributed by atoms with van der Waals surface area (Å²) in [4.78, 5) is -0.0308. The predicted molar refractivity (Wildman–Crippen MR) is 111 cm³/mol. The van der Waals surface area contributed by atoms with Crippen LogP contribution in [0.15, 0.2) is 64.0 Å². The van der Waals surface area contributed by atoms with E-state index in [0.717, 1.165) is 12.1 Å². The third-order valence-corrected chi connectivity index (χ3v) is 5.48. The van der Waals surface area contributed by atoms with Crippen LogP contribution in [0.3, 0.4) is 0 Å². The molecule has 2 heterocycles. The largest absolute Gasteiger partial charge is 0.416 e. The number of rotatable bonds is 3. The number of aromatic nitrogens is 4. The summed E-state index contributed by atoms with van der Waals surface area (Å²) in [6, 6.07) is 10.1. The average molecular weight is 473 g/mol. The zero-order chi connectivity index (χ0) is 23.8. The zero-order valence-corrected chi connectivity index (χ0v) is 17.6. The molecule has 2 aromatic carbocycles. The van der Waals surface area contributed by atoms with Crippen LogP contribution < -0.4 is 5.14 Å². The number of halogens is 3. The van der Waals surface area contributed by atoms with Gasteiger partial charge in [0.25, 0.3) is 5.89 Å². The second-order valence-electron chi connectivity index (χ2n) is 6.84. The first-order valence-electron chi connectivity index (χ1n) is 9.21. The molecule has 0 amide bonds. The number of nitrogens with two attached hydrogens (primary N) is 1. The van der Waals surface area contributed by atoms with Crippen LogP contribution >= 0.6 is 0 Å². The maximum absolute atomic E-state index is 12.8. The van der Waals surface area contributed by atoms with Crippen molar-refractivity contribution in [2.75, 3.05) is 0 Å². The number of benzene rings is 2. The zero-order valence-electron chi connectivity index (χ0n) is 16.8. The van der Waals surface area contributed by atoms with Crippen LogP contribution in [0.25, 0.3) is 23.0 Å². The van der Waals surface area contributed by atoms with E-state index >= 15 is 0 Å². The fraction of sp³-hybridized carbons (Fsp3) is 0.0952. The first-order chi connectivity index (χ1) is 15.5. The summed E-state index contributed by atoms with van der Waals surface area (Å²) in [7, 11) is -2.16. The molecule has 0 radical (unpaired) electrons. The highest BCUT2D eigenvalue weighted by Crippen LogP contribution is 2.31. The van der Waals surface area contributed by atoms with Crippen LogP contribution in [-0.4, -0.2) is 28.4 Å². The van der Waals surface area contributed by atoms with Gasteiger partial charge in [0.05, 0.1) is 22.2 Å². The summed E-state index contributed by atoms with van der Waals surface area (Å²) in [6.45, 7) is 0. The van der Waals surface area contributed by atoms with Crippen LogP contribution in [0.5, 0.6) is 0 Å². The molecule has 168 valence electrons. The lowest BCUT2D eigenvalue weighted by Gasteiger charge is -2.05. The standard InChI is InChI=1S/C21H14F3N5O3S/c1-29-18(15(12-26-29)5-2-13-3-10-17(11-4-13)33(25,30)31)20-28-27-19(32-20)14-6-8-16(9-7-14)21(22,23)24/h3-4,6-12H,1H3,(H2,25,30,31). The van der Waals surface area contributed by atoms with Crippen LogP contribution in [0.4, 0.5) is 13.2 Å². The third-order valence-electron chi connectivity index (χ3n) is 4.55. The molecule has 0 aliphatic rings. The highest BCUT2D eigenvalue weighted by atomic mass is 32.2. The Morgan fingerprint density at radius 1 is 0.970 bits per heavy atom. The number of hydrogen-bond donors (Lipinski definition) is 1. The van der Waals surface area contributed by atoms with Gasteiger partial charge in [-0.1, -0.05) is 11.8 Å². The lowest BCUT2D eigenvalue weighted by molar-refractivity contribution is -0.137. The van der Waals surface area contributed by atoms with Gasteiger partial charge in [-0.25, -0.2) is 13.6 Å². The Hall–Kier alpha value is -3.95. The maximum atomic E-state index is 12.8. The molecule has 0 atom stereocenters. The molecule has 0 aliphatic carbocycles. The number of alkyl halides is 3. The quantitative estimate of drug-likeness (QED) is 0.457. The molecule has 0 aliphatic heterocycles. The van der Waals surface area contributed by atoms with Crippen LogP contribution in [-0.2, 0) is 23.2 Å². The minimum Gasteiger partial charge on any atom is -0.415 e. The Labute approximate surface area is 185 Å². The van der Waals surface area contributed by atoms with Crippen molar-refractivity contribution in [2.24, 2.45) is 12.2 Å². The van der Waals surface area contributed by atoms with Gasteiger partial charge in [-0.15, -0.1) is 10.2 Å². The smallest absolute Gasteiger partial charge is 0.415 e. The molecule has 2 N–H and O–H groups in total. The van der Waals surface area contributed by atoms with Gasteiger partial charge >= 0.3 is 6.18 Å². The van der Waals surface area contributed by atoms with Crippen LogP contribution in [0, 0.1) is 11.8 Å². The summed E-state index contributed by atoms with van der Waals surface area (Å²) in [5, 5.41) is 17.1. The van der Waals surface area contributed by atoms with Crippen molar-refractivity contribution < 1.29 is 26.0 Å². The Morgan fingerprint density at radius 2 is 1.61 bits per heavy atom. The SMILES string of the molecule is Cn1ncc(C#Cc2ccc(S(N)(=O)=O)cc2)c1-c1nnc(-c2ccc(C(F)(F)F)cc2)o1. The van der Waals surface area contributed by atoms with Crippen molar-refractivity contribution in [2.45, 2.75) is 11.1 Å². The maximum Gasteiger partial charge on any atom is 0.416 e. The van der Waals surface area contributed by atoms with Gasteiger partial charge in [0.15, 0.2) is 0 Å². The number of hydrogen-bond acceptors (Lipinski definition) is 6. The van der Waals surface area contributed by atoms with Crippen molar-refractivity contribution in [1.29, 1.82) is 0 Å². The van der Waals surface area contributed by atoms with E-state index in [1.54, 1.807) is 7.05 Å². The molecule has 0 spiro atoms. The first kappa shape index (κ1) is 22.3. The summed E-state index contributed by atoms with van der Waals surface area (Å²) in [5.74, 6) is 5.92. The van der Waals surface area contributed by atoms with Crippen molar-refractivity contribution >= 4 is 10.0 Å². The van der Waals surface area contributed by atoms with Crippen molar-refractivity contribution in [3.63, 3.8) is 0 Å². The lowest BCUT2D eigenvalue weighted by atomic mass is 10.1. The van der Waals surface area contributed by atoms with Gasteiger partial charge in [-0.2, -0.15) is 18.3 Å². The molecule has 12 heteroatoms. The molecule has 0 saturated heterocycles. The molecule has 0 bridgehead atoms. The fourth-order valence-electron chi connectivity index (χ4n) is 2.89. The van der Waals surface area contributed by atoms with E-state index in [0.29, 0.717) is 22.4 Å². The van der Waals surface area contributed by atoms with E-state index in [4.69, 9.17) is 9.56 Å². The molecule has 0 unspecified atom stereocenters. The van der Waals surface area contributed by atoms with Gasteiger partial charge in [-0.05, 0) is 48.5 Å². The number of aryl methyl sites for hydroxylation is 1. The van der Waals surface area contributed by atoms with E-state index in [-0.39, 0.29) is 16.7 Å². The lowest BCUT2D eigenvalue weighted by Crippen LogP contribution is -2.11. The Bertz CT molecular complexity index is 1480. The number of nitrogens with zero attached hydrogens (tertiary/aromatic N) is 4. The normalized spacial score (nSPS) is 11.8. The minimum atomic E-state index is -4.44. The summed E-state index contributed by atoms with van der Waals surface area (Å²) in [5.41, 5.74) is 0.942. The molecule has 8 nitrogen and oxygen atoms in total. The summed E-state index contributed by atoms with van der Waals surface area (Å²) >= 11 is 0. The van der Waals surface area contributed by atoms with Gasteiger partial charge in [0.1, 0.15) is 5.69 Å². The third kappa shape index (κ3) is 4.79. The van der Waals surface area contributed by atoms with E-state index in [1.807, 2.05) is 0 Å². The topological polar surface area (TPSA) is 117 Å². The molecule has 33 heavy (non-hydrogen) atoms. The summed E-state index contributed by atoms with van der Waals surface area (Å²) < 4.78 is 68.1. The van der Waals surface area contributed by atoms with Gasteiger partial charge in [0.2, 0.25) is 15.9 Å². The number of sulfonamides is 1. The van der Waals surface area contributed by atoms with Crippen molar-refractivity contribution in [3.05, 3.63) is 71.4 Å². The Morgan fingerprint density at radius 3 is 2.21 bits per heavy atom. The highest BCUT2D eigenvalue weighted by molar-refractivity contribution is 7.89. The predicted octanol–water partition coefficient (Wildman–Crippen LogP) is 3.20. The van der Waals surface area contributed by atoms with E-state index < -0.39 is 21.8 Å². The molecule has 4 rings (SSSR count). The molecular formula is C21H14F3N5O3S. The van der Waals surface area contributed by atoms with Gasteiger partial charge in [-0.3, -0.25) is 4.68 Å². The second-order valence-corrected chi connectivity index (χ2v) is 8.40. The fourth-order valence-corrected chi connectivity index (χ4v) is 3.40. The highest BCUT2D eigenvalue weighted by Gasteiger charge is 2.30. The monoisotopic (exact) mass is 473 g/mol. The Balaban J connectivity index is 1.62.